The van der Waals surface area contributed by atoms with E-state index in [2.05, 4.69) is 74.5 Å². The van der Waals surface area contributed by atoms with E-state index >= 15 is 0 Å². The second-order valence-corrected chi connectivity index (χ2v) is 9.26. The Labute approximate surface area is 173 Å². The van der Waals surface area contributed by atoms with Gasteiger partial charge in [-0.2, -0.15) is 0 Å². The molecule has 0 bridgehead atoms. The van der Waals surface area contributed by atoms with E-state index in [0.29, 0.717) is 0 Å². The van der Waals surface area contributed by atoms with Gasteiger partial charge in [0.2, 0.25) is 5.95 Å². The summed E-state index contributed by atoms with van der Waals surface area (Å²) in [6, 6.07) is 0. The summed E-state index contributed by atoms with van der Waals surface area (Å²) in [6.45, 7) is 7.67. The fourth-order valence-corrected chi connectivity index (χ4v) is 5.49. The highest BCUT2D eigenvalue weighted by Crippen LogP contribution is 2.43. The molecular formula is C17H22Br3N5. The maximum Gasteiger partial charge on any atom is 0.203 e. The van der Waals surface area contributed by atoms with Gasteiger partial charge in [0.15, 0.2) is 0 Å². The number of hydrogen-bond acceptors (Lipinski definition) is 4. The molecule has 136 valence electrons. The van der Waals surface area contributed by atoms with E-state index in [4.69, 9.17) is 4.98 Å². The molecule has 0 spiro atoms. The van der Waals surface area contributed by atoms with Gasteiger partial charge in [-0.3, -0.25) is 4.90 Å². The first-order valence-corrected chi connectivity index (χ1v) is 11.1. The molecule has 1 N–H and O–H groups in total. The standard InChI is InChI=1S/C17H22Br3N5/c1-23-7-9-24(10-8-23)6-4-21-17-22-15-14(20)13(19)12(18)11-3-2-5-25(17)16(11)15/h2-10H2,1H3,(H,21,22). The van der Waals surface area contributed by atoms with Crippen molar-refractivity contribution in [1.29, 1.82) is 0 Å². The van der Waals surface area contributed by atoms with Crippen molar-refractivity contribution in [3.63, 3.8) is 0 Å². The van der Waals surface area contributed by atoms with Crippen molar-refractivity contribution in [3.8, 4) is 0 Å². The molecule has 0 atom stereocenters. The highest BCUT2D eigenvalue weighted by molar-refractivity contribution is 9.14. The summed E-state index contributed by atoms with van der Waals surface area (Å²) in [5, 5.41) is 3.58. The molecule has 2 aromatic rings. The van der Waals surface area contributed by atoms with E-state index in [1.165, 1.54) is 11.1 Å². The van der Waals surface area contributed by atoms with Crippen molar-refractivity contribution in [3.05, 3.63) is 19.0 Å². The Bertz CT molecular complexity index is 796. The minimum absolute atomic E-state index is 0.933. The molecule has 1 saturated heterocycles. The number of halogens is 3. The van der Waals surface area contributed by atoms with Crippen molar-refractivity contribution in [2.45, 2.75) is 19.4 Å². The first-order valence-electron chi connectivity index (χ1n) is 8.76. The molecule has 0 radical (unpaired) electrons. The largest absolute Gasteiger partial charge is 0.354 e. The number of hydrogen-bond donors (Lipinski definition) is 1. The van der Waals surface area contributed by atoms with Crippen LogP contribution < -0.4 is 5.32 Å². The minimum atomic E-state index is 0.933. The summed E-state index contributed by atoms with van der Waals surface area (Å²) in [5.41, 5.74) is 3.66. The quantitative estimate of drug-likeness (QED) is 0.602. The molecule has 1 aromatic carbocycles. The van der Waals surface area contributed by atoms with Gasteiger partial charge in [0, 0.05) is 54.8 Å². The highest BCUT2D eigenvalue weighted by Gasteiger charge is 2.24. The monoisotopic (exact) mass is 533 g/mol. The minimum Gasteiger partial charge on any atom is -0.354 e. The summed E-state index contributed by atoms with van der Waals surface area (Å²) in [6.07, 6.45) is 2.24. The number of aryl methyl sites for hydroxylation is 2. The number of nitrogens with zero attached hydrogens (tertiary/aromatic N) is 4. The molecule has 2 aliphatic rings. The lowest BCUT2D eigenvalue weighted by atomic mass is 10.0. The van der Waals surface area contributed by atoms with Gasteiger partial charge in [0.25, 0.3) is 0 Å². The van der Waals surface area contributed by atoms with Crippen molar-refractivity contribution in [1.82, 2.24) is 19.4 Å². The molecule has 8 heteroatoms. The first-order chi connectivity index (χ1) is 12.1. The number of likely N-dealkylation sites (N-methyl/N-ethyl adjacent to an activating group) is 1. The normalized spacial score (nSPS) is 18.9. The van der Waals surface area contributed by atoms with Gasteiger partial charge >= 0.3 is 0 Å². The van der Waals surface area contributed by atoms with E-state index < -0.39 is 0 Å². The van der Waals surface area contributed by atoms with Crippen LogP contribution in [0.3, 0.4) is 0 Å². The maximum absolute atomic E-state index is 4.91. The third-order valence-corrected chi connectivity index (χ3v) is 8.73. The maximum atomic E-state index is 4.91. The average molecular weight is 536 g/mol. The zero-order valence-electron chi connectivity index (χ0n) is 14.3. The second kappa shape index (κ2) is 7.46. The van der Waals surface area contributed by atoms with E-state index in [1.54, 1.807) is 0 Å². The van der Waals surface area contributed by atoms with Crippen LogP contribution in [0.15, 0.2) is 13.4 Å². The SMILES string of the molecule is CN1CCN(CCNc2nc3c(Br)c(Br)c(Br)c4c3n2CCC4)CC1. The van der Waals surface area contributed by atoms with Crippen LogP contribution in [-0.2, 0) is 13.0 Å². The van der Waals surface area contributed by atoms with Crippen molar-refractivity contribution < 1.29 is 0 Å². The highest BCUT2D eigenvalue weighted by atomic mass is 79.9. The third kappa shape index (κ3) is 3.40. The molecule has 25 heavy (non-hydrogen) atoms. The van der Waals surface area contributed by atoms with Gasteiger partial charge in [0.05, 0.1) is 9.99 Å². The molecule has 0 amide bonds. The third-order valence-electron chi connectivity index (χ3n) is 5.23. The number of piperazine rings is 1. The van der Waals surface area contributed by atoms with Gasteiger partial charge in [-0.15, -0.1) is 0 Å². The molecule has 2 aliphatic heterocycles. The predicted octanol–water partition coefficient (Wildman–Crippen LogP) is 3.93. The van der Waals surface area contributed by atoms with Crippen LogP contribution in [0.25, 0.3) is 11.0 Å². The lowest BCUT2D eigenvalue weighted by molar-refractivity contribution is 0.158. The molecule has 0 unspecified atom stereocenters. The number of nitrogens with one attached hydrogen (secondary N) is 1. The Kier molecular flexibility index (Phi) is 5.44. The lowest BCUT2D eigenvalue weighted by Gasteiger charge is -2.32. The van der Waals surface area contributed by atoms with Crippen molar-refractivity contribution >= 4 is 64.8 Å². The number of anilines is 1. The van der Waals surface area contributed by atoms with Crippen molar-refractivity contribution in [2.24, 2.45) is 0 Å². The second-order valence-electron chi connectivity index (χ2n) is 6.88. The molecule has 1 aromatic heterocycles. The van der Waals surface area contributed by atoms with Gasteiger partial charge in [0.1, 0.15) is 5.52 Å². The topological polar surface area (TPSA) is 36.3 Å². The Hall–Kier alpha value is -0.150. The zero-order chi connectivity index (χ0) is 17.6. The number of benzene rings is 1. The molecule has 0 aliphatic carbocycles. The fourth-order valence-electron chi connectivity index (χ4n) is 3.74. The zero-order valence-corrected chi connectivity index (χ0v) is 19.0. The molecular weight excluding hydrogens is 514 g/mol. The summed E-state index contributed by atoms with van der Waals surface area (Å²) in [4.78, 5) is 9.83. The van der Waals surface area contributed by atoms with Gasteiger partial charge in [-0.05, 0) is 73.2 Å². The summed E-state index contributed by atoms with van der Waals surface area (Å²) in [7, 11) is 2.20. The van der Waals surface area contributed by atoms with Crippen LogP contribution >= 0.6 is 47.8 Å². The molecule has 1 fully saturated rings. The van der Waals surface area contributed by atoms with Gasteiger partial charge in [-0.1, -0.05) is 0 Å². The Morgan fingerprint density at radius 3 is 2.52 bits per heavy atom. The summed E-state index contributed by atoms with van der Waals surface area (Å²) >= 11 is 11.1. The van der Waals surface area contributed by atoms with E-state index in [9.17, 15) is 0 Å². The van der Waals surface area contributed by atoms with Crippen molar-refractivity contribution in [2.75, 3.05) is 51.6 Å². The molecule has 3 heterocycles. The van der Waals surface area contributed by atoms with Gasteiger partial charge in [-0.25, -0.2) is 4.98 Å². The van der Waals surface area contributed by atoms with Gasteiger partial charge < -0.3 is 14.8 Å². The number of rotatable bonds is 4. The Morgan fingerprint density at radius 2 is 1.76 bits per heavy atom. The smallest absolute Gasteiger partial charge is 0.203 e. The van der Waals surface area contributed by atoms with Crippen LogP contribution in [0.1, 0.15) is 12.0 Å². The van der Waals surface area contributed by atoms with Crippen LogP contribution in [-0.4, -0.2) is 65.7 Å². The Balaban J connectivity index is 1.55. The van der Waals surface area contributed by atoms with E-state index in [1.807, 2.05) is 0 Å². The number of imidazole rings is 1. The Morgan fingerprint density at radius 1 is 1.00 bits per heavy atom. The average Bonchev–Trinajstić information content (AvgIpc) is 2.99. The summed E-state index contributed by atoms with van der Waals surface area (Å²) in [5.74, 6) is 0.996. The molecule has 0 saturated carbocycles. The van der Waals surface area contributed by atoms with Crippen LogP contribution in [0.4, 0.5) is 5.95 Å². The van der Waals surface area contributed by atoms with Crippen LogP contribution in [0.5, 0.6) is 0 Å². The fraction of sp³-hybridized carbons (Fsp3) is 0.588. The van der Waals surface area contributed by atoms with E-state index in [0.717, 1.165) is 83.5 Å². The molecule has 5 nitrogen and oxygen atoms in total. The molecule has 4 rings (SSSR count). The van der Waals surface area contributed by atoms with Crippen LogP contribution in [0, 0.1) is 0 Å². The predicted molar refractivity (Wildman–Crippen MR) is 114 cm³/mol. The first kappa shape index (κ1) is 18.2. The van der Waals surface area contributed by atoms with Crippen LogP contribution in [0.2, 0.25) is 0 Å². The number of aromatic nitrogens is 2. The van der Waals surface area contributed by atoms with E-state index in [-0.39, 0.29) is 0 Å². The summed E-state index contributed by atoms with van der Waals surface area (Å²) < 4.78 is 5.59. The lowest BCUT2D eigenvalue weighted by Crippen LogP contribution is -2.45.